The minimum atomic E-state index is 0.661. The molecule has 2 heteroatoms. The van der Waals surface area contributed by atoms with E-state index in [-0.39, 0.29) is 0 Å². The SMILES string of the molecule is CC(C)C(CNC1CCCCC1C)N(C)C. The molecule has 1 saturated carbocycles. The molecule has 0 spiro atoms. The van der Waals surface area contributed by atoms with Crippen molar-refractivity contribution in [2.45, 2.75) is 58.5 Å². The number of nitrogens with one attached hydrogen (secondary N) is 1. The molecule has 0 bridgehead atoms. The van der Waals surface area contributed by atoms with Crippen molar-refractivity contribution in [3.05, 3.63) is 0 Å². The van der Waals surface area contributed by atoms with Gasteiger partial charge in [0.1, 0.15) is 0 Å². The Labute approximate surface area is 102 Å². The van der Waals surface area contributed by atoms with E-state index in [1.165, 1.54) is 25.7 Å². The number of hydrogen-bond donors (Lipinski definition) is 1. The van der Waals surface area contributed by atoms with Crippen LogP contribution in [0.1, 0.15) is 46.5 Å². The Morgan fingerprint density at radius 3 is 2.31 bits per heavy atom. The zero-order chi connectivity index (χ0) is 12.1. The molecule has 1 aliphatic carbocycles. The maximum Gasteiger partial charge on any atom is 0.0237 e. The smallest absolute Gasteiger partial charge is 0.0237 e. The molecule has 16 heavy (non-hydrogen) atoms. The Morgan fingerprint density at radius 1 is 1.19 bits per heavy atom. The Kier molecular flexibility index (Phi) is 5.77. The molecule has 1 N–H and O–H groups in total. The maximum atomic E-state index is 3.79. The molecular formula is C14H30N2. The highest BCUT2D eigenvalue weighted by Gasteiger charge is 2.23. The van der Waals surface area contributed by atoms with Gasteiger partial charge in [-0.1, -0.05) is 33.6 Å². The van der Waals surface area contributed by atoms with Crippen LogP contribution in [0, 0.1) is 11.8 Å². The molecule has 1 aliphatic rings. The van der Waals surface area contributed by atoms with Gasteiger partial charge < -0.3 is 10.2 Å². The van der Waals surface area contributed by atoms with Crippen molar-refractivity contribution in [1.82, 2.24) is 10.2 Å². The quantitative estimate of drug-likeness (QED) is 0.775. The molecule has 2 nitrogen and oxygen atoms in total. The highest BCUT2D eigenvalue weighted by atomic mass is 15.1. The van der Waals surface area contributed by atoms with Crippen LogP contribution in [0.15, 0.2) is 0 Å². The van der Waals surface area contributed by atoms with Gasteiger partial charge in [-0.2, -0.15) is 0 Å². The third-order valence-corrected chi connectivity index (χ3v) is 4.13. The first-order valence-electron chi connectivity index (χ1n) is 6.92. The highest BCUT2D eigenvalue weighted by Crippen LogP contribution is 2.23. The Bertz CT molecular complexity index is 181. The zero-order valence-electron chi connectivity index (χ0n) is 11.8. The van der Waals surface area contributed by atoms with Gasteiger partial charge in [-0.15, -0.1) is 0 Å². The summed E-state index contributed by atoms with van der Waals surface area (Å²) in [5.74, 6) is 1.59. The molecular weight excluding hydrogens is 196 g/mol. The molecule has 3 unspecified atom stereocenters. The zero-order valence-corrected chi connectivity index (χ0v) is 11.8. The number of hydrogen-bond acceptors (Lipinski definition) is 2. The summed E-state index contributed by atoms with van der Waals surface area (Å²) < 4.78 is 0. The van der Waals surface area contributed by atoms with Crippen LogP contribution in [-0.2, 0) is 0 Å². The van der Waals surface area contributed by atoms with Gasteiger partial charge in [0.05, 0.1) is 0 Å². The number of likely N-dealkylation sites (N-methyl/N-ethyl adjacent to an activating group) is 1. The normalized spacial score (nSPS) is 28.7. The fourth-order valence-corrected chi connectivity index (χ4v) is 2.91. The van der Waals surface area contributed by atoms with Gasteiger partial charge >= 0.3 is 0 Å². The summed E-state index contributed by atoms with van der Waals surface area (Å²) in [5, 5.41) is 3.79. The molecule has 0 aromatic rings. The van der Waals surface area contributed by atoms with E-state index in [2.05, 4.69) is 45.1 Å². The summed E-state index contributed by atoms with van der Waals surface area (Å²) in [7, 11) is 4.38. The fourth-order valence-electron chi connectivity index (χ4n) is 2.91. The summed E-state index contributed by atoms with van der Waals surface area (Å²) in [6.45, 7) is 8.17. The topological polar surface area (TPSA) is 15.3 Å². The van der Waals surface area contributed by atoms with E-state index in [9.17, 15) is 0 Å². The van der Waals surface area contributed by atoms with Crippen LogP contribution >= 0.6 is 0 Å². The summed E-state index contributed by atoms with van der Waals surface area (Å²) in [4.78, 5) is 2.35. The first kappa shape index (κ1) is 14.0. The van der Waals surface area contributed by atoms with E-state index in [0.717, 1.165) is 24.4 Å². The molecule has 0 saturated heterocycles. The molecule has 3 atom stereocenters. The number of rotatable bonds is 5. The van der Waals surface area contributed by atoms with Crippen LogP contribution in [0.3, 0.4) is 0 Å². The Balaban J connectivity index is 2.36. The van der Waals surface area contributed by atoms with Gasteiger partial charge in [-0.25, -0.2) is 0 Å². The molecule has 0 heterocycles. The third-order valence-electron chi connectivity index (χ3n) is 4.13. The van der Waals surface area contributed by atoms with E-state index in [0.29, 0.717) is 6.04 Å². The van der Waals surface area contributed by atoms with Crippen LogP contribution in [-0.4, -0.2) is 37.6 Å². The van der Waals surface area contributed by atoms with E-state index < -0.39 is 0 Å². The maximum absolute atomic E-state index is 3.79. The van der Waals surface area contributed by atoms with Crippen molar-refractivity contribution in [3.8, 4) is 0 Å². The monoisotopic (exact) mass is 226 g/mol. The van der Waals surface area contributed by atoms with Crippen molar-refractivity contribution in [1.29, 1.82) is 0 Å². The average molecular weight is 226 g/mol. The lowest BCUT2D eigenvalue weighted by Crippen LogP contribution is -2.47. The standard InChI is InChI=1S/C14H30N2/c1-11(2)14(16(4)5)10-15-13-9-7-6-8-12(13)3/h11-15H,6-10H2,1-5H3. The molecule has 0 aromatic carbocycles. The molecule has 0 amide bonds. The lowest BCUT2D eigenvalue weighted by molar-refractivity contribution is 0.197. The molecule has 96 valence electrons. The second-order valence-electron chi connectivity index (χ2n) is 6.05. The molecule has 0 radical (unpaired) electrons. The highest BCUT2D eigenvalue weighted by molar-refractivity contribution is 4.81. The number of nitrogens with zero attached hydrogens (tertiary/aromatic N) is 1. The lowest BCUT2D eigenvalue weighted by atomic mass is 9.85. The molecule has 1 fully saturated rings. The van der Waals surface area contributed by atoms with Crippen LogP contribution < -0.4 is 5.32 Å². The summed E-state index contributed by atoms with van der Waals surface area (Å²) in [6.07, 6.45) is 5.63. The van der Waals surface area contributed by atoms with E-state index >= 15 is 0 Å². The summed E-state index contributed by atoms with van der Waals surface area (Å²) in [6, 6.07) is 1.42. The third kappa shape index (κ3) is 4.06. The van der Waals surface area contributed by atoms with E-state index in [1.54, 1.807) is 0 Å². The van der Waals surface area contributed by atoms with Crippen LogP contribution in [0.4, 0.5) is 0 Å². The fraction of sp³-hybridized carbons (Fsp3) is 1.00. The van der Waals surface area contributed by atoms with Crippen molar-refractivity contribution < 1.29 is 0 Å². The van der Waals surface area contributed by atoms with Crippen molar-refractivity contribution in [2.24, 2.45) is 11.8 Å². The van der Waals surface area contributed by atoms with Crippen molar-refractivity contribution in [2.75, 3.05) is 20.6 Å². The summed E-state index contributed by atoms with van der Waals surface area (Å²) >= 11 is 0. The van der Waals surface area contributed by atoms with Gasteiger partial charge in [0.25, 0.3) is 0 Å². The van der Waals surface area contributed by atoms with Gasteiger partial charge in [0, 0.05) is 18.6 Å². The van der Waals surface area contributed by atoms with Crippen molar-refractivity contribution in [3.63, 3.8) is 0 Å². The van der Waals surface area contributed by atoms with E-state index in [1.807, 2.05) is 0 Å². The minimum Gasteiger partial charge on any atom is -0.312 e. The van der Waals surface area contributed by atoms with E-state index in [4.69, 9.17) is 0 Å². The molecule has 0 aromatic heterocycles. The van der Waals surface area contributed by atoms with Gasteiger partial charge in [-0.05, 0) is 38.8 Å². The first-order chi connectivity index (χ1) is 7.52. The minimum absolute atomic E-state index is 0.661. The predicted molar refractivity (Wildman–Crippen MR) is 71.7 cm³/mol. The first-order valence-corrected chi connectivity index (χ1v) is 6.92. The second kappa shape index (κ2) is 6.61. The van der Waals surface area contributed by atoms with Crippen LogP contribution in [0.2, 0.25) is 0 Å². The Morgan fingerprint density at radius 2 is 1.81 bits per heavy atom. The second-order valence-corrected chi connectivity index (χ2v) is 6.05. The van der Waals surface area contributed by atoms with Crippen molar-refractivity contribution >= 4 is 0 Å². The summed E-state index contributed by atoms with van der Waals surface area (Å²) in [5.41, 5.74) is 0. The molecule has 0 aliphatic heterocycles. The van der Waals surface area contributed by atoms with Crippen LogP contribution in [0.25, 0.3) is 0 Å². The lowest BCUT2D eigenvalue weighted by Gasteiger charge is -2.34. The Hall–Kier alpha value is -0.0800. The largest absolute Gasteiger partial charge is 0.312 e. The van der Waals surface area contributed by atoms with Crippen LogP contribution in [0.5, 0.6) is 0 Å². The van der Waals surface area contributed by atoms with Gasteiger partial charge in [0.15, 0.2) is 0 Å². The predicted octanol–water partition coefficient (Wildman–Crippen LogP) is 2.74. The molecule has 1 rings (SSSR count). The average Bonchev–Trinajstić information content (AvgIpc) is 2.20. The van der Waals surface area contributed by atoms with Gasteiger partial charge in [-0.3, -0.25) is 0 Å². The van der Waals surface area contributed by atoms with Gasteiger partial charge in [0.2, 0.25) is 0 Å².